The minimum absolute atomic E-state index is 0.00536. The number of carbonyl (C=O) groups excluding carboxylic acids is 1. The molecule has 0 aliphatic rings. The Hall–Kier alpha value is -2.31. The van der Waals surface area contributed by atoms with Crippen molar-refractivity contribution in [1.82, 2.24) is 5.32 Å². The van der Waals surface area contributed by atoms with Crippen molar-refractivity contribution in [2.24, 2.45) is 0 Å². The van der Waals surface area contributed by atoms with Crippen LogP contribution in [0.15, 0.2) is 18.2 Å². The maximum atomic E-state index is 11.6. The fourth-order valence-corrected chi connectivity index (χ4v) is 1.76. The number of anilines is 2. The van der Waals surface area contributed by atoms with E-state index >= 15 is 0 Å². The zero-order valence-corrected chi connectivity index (χ0v) is 11.9. The van der Waals surface area contributed by atoms with E-state index < -0.39 is 4.92 Å². The molecule has 3 N–H and O–H groups in total. The summed E-state index contributed by atoms with van der Waals surface area (Å²) in [6.07, 6.45) is 0. The van der Waals surface area contributed by atoms with Gasteiger partial charge in [-0.3, -0.25) is 14.9 Å². The summed E-state index contributed by atoms with van der Waals surface area (Å²) < 4.78 is 0. The largest absolute Gasteiger partial charge is 0.380 e. The minimum atomic E-state index is -0.458. The predicted molar refractivity (Wildman–Crippen MR) is 79.0 cm³/mol. The first kappa shape index (κ1) is 15.7. The highest BCUT2D eigenvalue weighted by atomic mass is 16.6. The summed E-state index contributed by atoms with van der Waals surface area (Å²) >= 11 is 0. The van der Waals surface area contributed by atoms with Crippen molar-refractivity contribution >= 4 is 23.0 Å². The van der Waals surface area contributed by atoms with Gasteiger partial charge in [-0.05, 0) is 32.9 Å². The molecule has 0 bridgehead atoms. The Kier molecular flexibility index (Phi) is 5.76. The molecule has 0 aromatic heterocycles. The first-order valence-electron chi connectivity index (χ1n) is 6.50. The zero-order chi connectivity index (χ0) is 15.1. The molecular weight excluding hydrogens is 260 g/mol. The number of benzene rings is 1. The summed E-state index contributed by atoms with van der Waals surface area (Å²) in [7, 11) is 0. The number of hydrogen-bond acceptors (Lipinski definition) is 5. The first-order valence-corrected chi connectivity index (χ1v) is 6.50. The van der Waals surface area contributed by atoms with E-state index in [2.05, 4.69) is 16.0 Å². The summed E-state index contributed by atoms with van der Waals surface area (Å²) in [5, 5.41) is 19.6. The van der Waals surface area contributed by atoms with E-state index in [0.717, 1.165) is 0 Å². The van der Waals surface area contributed by atoms with Crippen LogP contribution in [0.4, 0.5) is 17.1 Å². The van der Waals surface area contributed by atoms with Crippen LogP contribution in [0, 0.1) is 10.1 Å². The lowest BCUT2D eigenvalue weighted by atomic mass is 10.2. The Morgan fingerprint density at radius 1 is 1.30 bits per heavy atom. The Bertz CT molecular complexity index is 489. The molecule has 1 rings (SSSR count). The van der Waals surface area contributed by atoms with E-state index in [4.69, 9.17) is 0 Å². The molecule has 20 heavy (non-hydrogen) atoms. The van der Waals surface area contributed by atoms with Crippen LogP contribution in [-0.4, -0.2) is 30.0 Å². The average molecular weight is 280 g/mol. The standard InChI is InChI=1S/C13H20N4O3/c1-4-14-10-6-5-7-11(13(10)17(19)20)15-8-12(18)16-9(2)3/h5-7,9,14-15H,4,8H2,1-3H3,(H,16,18). The average Bonchev–Trinajstić information content (AvgIpc) is 2.35. The quantitative estimate of drug-likeness (QED) is 0.524. The van der Waals surface area contributed by atoms with Gasteiger partial charge in [0, 0.05) is 12.6 Å². The summed E-state index contributed by atoms with van der Waals surface area (Å²) in [4.78, 5) is 22.3. The Morgan fingerprint density at radius 2 is 1.90 bits per heavy atom. The maximum Gasteiger partial charge on any atom is 0.315 e. The van der Waals surface area contributed by atoms with Gasteiger partial charge in [-0.25, -0.2) is 0 Å². The maximum absolute atomic E-state index is 11.6. The van der Waals surface area contributed by atoms with E-state index in [0.29, 0.717) is 17.9 Å². The van der Waals surface area contributed by atoms with Gasteiger partial charge in [0.2, 0.25) is 5.91 Å². The summed E-state index contributed by atoms with van der Waals surface area (Å²) in [6, 6.07) is 4.96. The van der Waals surface area contributed by atoms with Crippen LogP contribution in [0.3, 0.4) is 0 Å². The third-order valence-corrected chi connectivity index (χ3v) is 2.47. The molecule has 7 nitrogen and oxygen atoms in total. The van der Waals surface area contributed by atoms with Gasteiger partial charge in [0.1, 0.15) is 11.4 Å². The fourth-order valence-electron chi connectivity index (χ4n) is 1.76. The van der Waals surface area contributed by atoms with Crippen LogP contribution in [-0.2, 0) is 4.79 Å². The molecule has 0 heterocycles. The number of nitrogens with one attached hydrogen (secondary N) is 3. The minimum Gasteiger partial charge on any atom is -0.380 e. The molecule has 0 spiro atoms. The fraction of sp³-hybridized carbons (Fsp3) is 0.462. The molecular formula is C13H20N4O3. The van der Waals surface area contributed by atoms with Crippen LogP contribution < -0.4 is 16.0 Å². The van der Waals surface area contributed by atoms with Gasteiger partial charge >= 0.3 is 5.69 Å². The van der Waals surface area contributed by atoms with Crippen LogP contribution >= 0.6 is 0 Å². The van der Waals surface area contributed by atoms with Crippen molar-refractivity contribution in [1.29, 1.82) is 0 Å². The van der Waals surface area contributed by atoms with Gasteiger partial charge in [0.25, 0.3) is 0 Å². The van der Waals surface area contributed by atoms with E-state index in [-0.39, 0.29) is 24.2 Å². The number of nitro benzene ring substituents is 1. The van der Waals surface area contributed by atoms with Crippen molar-refractivity contribution in [2.75, 3.05) is 23.7 Å². The topological polar surface area (TPSA) is 96.3 Å². The van der Waals surface area contributed by atoms with Crippen molar-refractivity contribution in [3.63, 3.8) is 0 Å². The van der Waals surface area contributed by atoms with Gasteiger partial charge in [-0.1, -0.05) is 6.07 Å². The number of carbonyl (C=O) groups is 1. The van der Waals surface area contributed by atoms with Crippen molar-refractivity contribution in [3.8, 4) is 0 Å². The number of hydrogen-bond donors (Lipinski definition) is 3. The van der Waals surface area contributed by atoms with Crippen LogP contribution in [0.5, 0.6) is 0 Å². The van der Waals surface area contributed by atoms with Crippen LogP contribution in [0.25, 0.3) is 0 Å². The second kappa shape index (κ2) is 7.32. The number of amides is 1. The first-order chi connectivity index (χ1) is 9.45. The number of nitro groups is 1. The number of rotatable bonds is 7. The van der Waals surface area contributed by atoms with Gasteiger partial charge in [-0.2, -0.15) is 0 Å². The van der Waals surface area contributed by atoms with Gasteiger partial charge < -0.3 is 16.0 Å². The molecule has 1 aromatic carbocycles. The SMILES string of the molecule is CCNc1cccc(NCC(=O)NC(C)C)c1[N+](=O)[O-]. The summed E-state index contributed by atoms with van der Waals surface area (Å²) in [5.74, 6) is -0.205. The molecule has 1 amide bonds. The molecule has 0 radical (unpaired) electrons. The molecule has 0 saturated carbocycles. The van der Waals surface area contributed by atoms with Crippen molar-refractivity contribution in [2.45, 2.75) is 26.8 Å². The summed E-state index contributed by atoms with van der Waals surface area (Å²) in [6.45, 7) is 6.14. The number of nitrogens with zero attached hydrogens (tertiary/aromatic N) is 1. The highest BCUT2D eigenvalue weighted by Gasteiger charge is 2.19. The van der Waals surface area contributed by atoms with Gasteiger partial charge in [0.05, 0.1) is 11.5 Å². The van der Waals surface area contributed by atoms with Gasteiger partial charge in [-0.15, -0.1) is 0 Å². The highest BCUT2D eigenvalue weighted by Crippen LogP contribution is 2.32. The number of para-hydroxylation sites is 1. The zero-order valence-electron chi connectivity index (χ0n) is 11.9. The Morgan fingerprint density at radius 3 is 2.40 bits per heavy atom. The molecule has 0 fully saturated rings. The molecule has 1 aromatic rings. The predicted octanol–water partition coefficient (Wildman–Crippen LogP) is 1.96. The molecule has 0 atom stereocenters. The lowest BCUT2D eigenvalue weighted by molar-refractivity contribution is -0.383. The monoisotopic (exact) mass is 280 g/mol. The third-order valence-electron chi connectivity index (χ3n) is 2.47. The molecule has 0 aliphatic heterocycles. The third kappa shape index (κ3) is 4.42. The molecule has 0 aliphatic carbocycles. The summed E-state index contributed by atoms with van der Waals surface area (Å²) in [5.41, 5.74) is 0.714. The van der Waals surface area contributed by atoms with E-state index in [1.54, 1.807) is 18.2 Å². The second-order valence-electron chi connectivity index (χ2n) is 4.56. The smallest absolute Gasteiger partial charge is 0.315 e. The highest BCUT2D eigenvalue weighted by molar-refractivity contribution is 5.83. The van der Waals surface area contributed by atoms with E-state index in [1.807, 2.05) is 20.8 Å². The van der Waals surface area contributed by atoms with E-state index in [9.17, 15) is 14.9 Å². The van der Waals surface area contributed by atoms with Gasteiger partial charge in [0.15, 0.2) is 0 Å². The normalized spacial score (nSPS) is 10.2. The lowest BCUT2D eigenvalue weighted by Gasteiger charge is -2.12. The van der Waals surface area contributed by atoms with E-state index in [1.165, 1.54) is 0 Å². The van der Waals surface area contributed by atoms with Crippen molar-refractivity contribution in [3.05, 3.63) is 28.3 Å². The Labute approximate surface area is 117 Å². The van der Waals surface area contributed by atoms with Crippen LogP contribution in [0.2, 0.25) is 0 Å². The molecule has 0 unspecified atom stereocenters. The second-order valence-corrected chi connectivity index (χ2v) is 4.56. The molecule has 110 valence electrons. The molecule has 7 heteroatoms. The van der Waals surface area contributed by atoms with Crippen molar-refractivity contribution < 1.29 is 9.72 Å². The molecule has 0 saturated heterocycles. The Balaban J connectivity index is 2.86. The van der Waals surface area contributed by atoms with Crippen LogP contribution in [0.1, 0.15) is 20.8 Å². The lowest BCUT2D eigenvalue weighted by Crippen LogP contribution is -2.34.